The molecule has 5 heteroatoms. The summed E-state index contributed by atoms with van der Waals surface area (Å²) < 4.78 is 2.23. The second kappa shape index (κ2) is 6.57. The molecule has 0 radical (unpaired) electrons. The number of rotatable bonds is 6. The van der Waals surface area contributed by atoms with Gasteiger partial charge in [-0.1, -0.05) is 24.9 Å². The molecule has 2 rings (SSSR count). The van der Waals surface area contributed by atoms with Crippen LogP contribution in [0.3, 0.4) is 0 Å². The molecule has 2 aromatic rings. The van der Waals surface area contributed by atoms with E-state index in [2.05, 4.69) is 30.5 Å². The van der Waals surface area contributed by atoms with E-state index in [1.165, 1.54) is 0 Å². The minimum atomic E-state index is -0.0201. The molecule has 1 heterocycles. The summed E-state index contributed by atoms with van der Waals surface area (Å²) in [6.07, 6.45) is 2.00. The average molecular weight is 295 g/mol. The van der Waals surface area contributed by atoms with Crippen LogP contribution in [0.4, 0.5) is 0 Å². The number of benzene rings is 1. The average Bonchev–Trinajstić information content (AvgIpc) is 2.74. The molecule has 1 atom stereocenters. The zero-order valence-electron chi connectivity index (χ0n) is 12.4. The van der Waals surface area contributed by atoms with Crippen LogP contribution in [0.2, 0.25) is 5.02 Å². The topological polar surface area (TPSA) is 47.1 Å². The molecule has 1 unspecified atom stereocenters. The van der Waals surface area contributed by atoms with Crippen LogP contribution in [0, 0.1) is 0 Å². The summed E-state index contributed by atoms with van der Waals surface area (Å²) in [5.74, 6) is 0.964. The number of imidazole rings is 1. The molecule has 0 saturated heterocycles. The molecule has 0 amide bonds. The largest absolute Gasteiger partial charge is 0.325 e. The van der Waals surface area contributed by atoms with Crippen molar-refractivity contribution in [3.63, 3.8) is 0 Å². The predicted molar refractivity (Wildman–Crippen MR) is 85.1 cm³/mol. The van der Waals surface area contributed by atoms with Gasteiger partial charge in [-0.2, -0.15) is 0 Å². The fourth-order valence-electron chi connectivity index (χ4n) is 2.38. The molecule has 0 aliphatic carbocycles. The van der Waals surface area contributed by atoms with Crippen molar-refractivity contribution in [1.82, 2.24) is 14.5 Å². The van der Waals surface area contributed by atoms with Crippen LogP contribution >= 0.6 is 11.6 Å². The van der Waals surface area contributed by atoms with Crippen LogP contribution in [0.5, 0.6) is 0 Å². The summed E-state index contributed by atoms with van der Waals surface area (Å²) in [5, 5.41) is 0.713. The lowest BCUT2D eigenvalue weighted by Crippen LogP contribution is -2.22. The molecule has 4 nitrogen and oxygen atoms in total. The van der Waals surface area contributed by atoms with E-state index in [1.54, 1.807) is 0 Å². The highest BCUT2D eigenvalue weighted by atomic mass is 35.5. The Morgan fingerprint density at radius 2 is 2.15 bits per heavy atom. The molecule has 0 aliphatic heterocycles. The maximum atomic E-state index is 6.28. The zero-order chi connectivity index (χ0) is 14.7. The fraction of sp³-hybridized carbons (Fsp3) is 0.533. The van der Waals surface area contributed by atoms with E-state index in [0.717, 1.165) is 42.8 Å². The first kappa shape index (κ1) is 15.3. The maximum absolute atomic E-state index is 6.28. The third-order valence-electron chi connectivity index (χ3n) is 3.44. The van der Waals surface area contributed by atoms with Crippen molar-refractivity contribution in [3.05, 3.63) is 29.0 Å². The molecule has 1 aromatic carbocycles. The van der Waals surface area contributed by atoms with Crippen molar-refractivity contribution in [2.24, 2.45) is 5.73 Å². The van der Waals surface area contributed by atoms with Gasteiger partial charge < -0.3 is 15.2 Å². The van der Waals surface area contributed by atoms with E-state index in [4.69, 9.17) is 22.3 Å². The van der Waals surface area contributed by atoms with Gasteiger partial charge in [0.1, 0.15) is 5.82 Å². The maximum Gasteiger partial charge on any atom is 0.126 e. The summed E-state index contributed by atoms with van der Waals surface area (Å²) in [7, 11) is 4.14. The summed E-state index contributed by atoms with van der Waals surface area (Å²) in [6.45, 7) is 3.99. The van der Waals surface area contributed by atoms with Crippen molar-refractivity contribution >= 4 is 22.6 Å². The smallest absolute Gasteiger partial charge is 0.126 e. The molecule has 0 aliphatic rings. The highest BCUT2D eigenvalue weighted by Crippen LogP contribution is 2.24. The van der Waals surface area contributed by atoms with Crippen molar-refractivity contribution in [3.8, 4) is 0 Å². The molecular weight excluding hydrogens is 272 g/mol. The van der Waals surface area contributed by atoms with Gasteiger partial charge in [0, 0.05) is 18.1 Å². The third kappa shape index (κ3) is 3.32. The summed E-state index contributed by atoms with van der Waals surface area (Å²) in [4.78, 5) is 6.87. The van der Waals surface area contributed by atoms with Crippen LogP contribution < -0.4 is 5.73 Å². The van der Waals surface area contributed by atoms with Crippen molar-refractivity contribution in [2.75, 3.05) is 20.6 Å². The summed E-state index contributed by atoms with van der Waals surface area (Å²) >= 11 is 6.06. The Morgan fingerprint density at radius 3 is 2.80 bits per heavy atom. The molecule has 1 aromatic heterocycles. The van der Waals surface area contributed by atoms with Gasteiger partial charge in [0.2, 0.25) is 0 Å². The number of fused-ring (bicyclic) bond motifs is 1. The predicted octanol–water partition coefficient (Wildman–Crippen LogP) is 3.05. The number of nitrogens with zero attached hydrogens (tertiary/aromatic N) is 3. The van der Waals surface area contributed by atoms with Crippen molar-refractivity contribution in [1.29, 1.82) is 0 Å². The first-order valence-corrected chi connectivity index (χ1v) is 7.46. The lowest BCUT2D eigenvalue weighted by atomic mass is 10.1. The Hall–Kier alpha value is -1.10. The van der Waals surface area contributed by atoms with Crippen LogP contribution in [0.1, 0.15) is 31.6 Å². The van der Waals surface area contributed by atoms with E-state index in [1.807, 2.05) is 18.2 Å². The molecule has 110 valence electrons. The molecule has 0 fully saturated rings. The van der Waals surface area contributed by atoms with Gasteiger partial charge in [0.05, 0.1) is 17.1 Å². The second-order valence-electron chi connectivity index (χ2n) is 5.45. The molecule has 0 bridgehead atoms. The van der Waals surface area contributed by atoms with Crippen molar-refractivity contribution in [2.45, 2.75) is 32.4 Å². The van der Waals surface area contributed by atoms with Crippen LogP contribution in [0.15, 0.2) is 18.2 Å². The second-order valence-corrected chi connectivity index (χ2v) is 5.89. The Bertz CT molecular complexity index is 577. The molecular formula is C15H23ClN4. The minimum absolute atomic E-state index is 0.0201. The number of halogens is 1. The van der Waals surface area contributed by atoms with E-state index >= 15 is 0 Å². The van der Waals surface area contributed by atoms with E-state index in [9.17, 15) is 0 Å². The van der Waals surface area contributed by atoms with Gasteiger partial charge in [-0.25, -0.2) is 4.98 Å². The lowest BCUT2D eigenvalue weighted by molar-refractivity contribution is 0.380. The Kier molecular flexibility index (Phi) is 5.02. The van der Waals surface area contributed by atoms with Gasteiger partial charge in [0.15, 0.2) is 0 Å². The SMILES string of the molecule is CCCC(N)c1nc2cc(Cl)ccc2n1CCN(C)C. The van der Waals surface area contributed by atoms with E-state index in [0.29, 0.717) is 5.02 Å². The third-order valence-corrected chi connectivity index (χ3v) is 3.68. The van der Waals surface area contributed by atoms with Gasteiger partial charge >= 0.3 is 0 Å². The standard InChI is InChI=1S/C15H23ClN4/c1-4-5-12(17)15-18-13-10-11(16)6-7-14(13)20(15)9-8-19(2)3/h6-7,10,12H,4-5,8-9,17H2,1-3H3. The highest BCUT2D eigenvalue weighted by Gasteiger charge is 2.16. The Labute approximate surface area is 125 Å². The van der Waals surface area contributed by atoms with Gasteiger partial charge in [-0.15, -0.1) is 0 Å². The van der Waals surface area contributed by atoms with Crippen LogP contribution in [0.25, 0.3) is 11.0 Å². The first-order valence-electron chi connectivity index (χ1n) is 7.09. The lowest BCUT2D eigenvalue weighted by Gasteiger charge is -2.16. The number of likely N-dealkylation sites (N-methyl/N-ethyl adjacent to an activating group) is 1. The van der Waals surface area contributed by atoms with E-state index < -0.39 is 0 Å². The van der Waals surface area contributed by atoms with Gasteiger partial charge in [-0.3, -0.25) is 0 Å². The quantitative estimate of drug-likeness (QED) is 0.891. The monoisotopic (exact) mass is 294 g/mol. The van der Waals surface area contributed by atoms with Crippen LogP contribution in [-0.2, 0) is 6.54 Å². The molecule has 20 heavy (non-hydrogen) atoms. The molecule has 0 saturated carbocycles. The number of hydrogen-bond acceptors (Lipinski definition) is 3. The zero-order valence-corrected chi connectivity index (χ0v) is 13.2. The number of aromatic nitrogens is 2. The minimum Gasteiger partial charge on any atom is -0.325 e. The Balaban J connectivity index is 2.44. The molecule has 0 spiro atoms. The number of nitrogens with two attached hydrogens (primary N) is 1. The summed E-state index contributed by atoms with van der Waals surface area (Å²) in [5.41, 5.74) is 8.32. The van der Waals surface area contributed by atoms with Gasteiger partial charge in [0.25, 0.3) is 0 Å². The Morgan fingerprint density at radius 1 is 1.40 bits per heavy atom. The molecule has 2 N–H and O–H groups in total. The highest BCUT2D eigenvalue weighted by molar-refractivity contribution is 6.31. The van der Waals surface area contributed by atoms with Crippen molar-refractivity contribution < 1.29 is 0 Å². The first-order chi connectivity index (χ1) is 9.52. The summed E-state index contributed by atoms with van der Waals surface area (Å²) in [6, 6.07) is 5.83. The van der Waals surface area contributed by atoms with E-state index in [-0.39, 0.29) is 6.04 Å². The normalized spacial score (nSPS) is 13.3. The van der Waals surface area contributed by atoms with Crippen LogP contribution in [-0.4, -0.2) is 35.1 Å². The fourth-order valence-corrected chi connectivity index (χ4v) is 2.55. The number of hydrogen-bond donors (Lipinski definition) is 1. The van der Waals surface area contributed by atoms with Gasteiger partial charge in [-0.05, 0) is 38.7 Å².